The third-order valence-electron chi connectivity index (χ3n) is 2.50. The fraction of sp³-hybridized carbons (Fsp3) is 0.250. The number of nitro benzene ring substituents is 1. The Hall–Kier alpha value is -2.97. The summed E-state index contributed by atoms with van der Waals surface area (Å²) in [5, 5.41) is 23.4. The van der Waals surface area contributed by atoms with Crippen LogP contribution in [0, 0.1) is 17.0 Å². The van der Waals surface area contributed by atoms with Crippen LogP contribution in [0.15, 0.2) is 18.2 Å². The predicted molar refractivity (Wildman–Crippen MR) is 70.8 cm³/mol. The highest BCUT2D eigenvalue weighted by molar-refractivity contribution is 5.97. The molecular formula is C12H13N3O6. The maximum absolute atomic E-state index is 11.7. The molecule has 1 rings (SSSR count). The van der Waals surface area contributed by atoms with Crippen LogP contribution in [0.3, 0.4) is 0 Å². The molecule has 0 aliphatic carbocycles. The number of carbonyl (C=O) groups excluding carboxylic acids is 2. The van der Waals surface area contributed by atoms with E-state index in [9.17, 15) is 24.5 Å². The molecule has 0 unspecified atom stereocenters. The average molecular weight is 295 g/mol. The summed E-state index contributed by atoms with van der Waals surface area (Å²) >= 11 is 0. The van der Waals surface area contributed by atoms with Gasteiger partial charge in [-0.3, -0.25) is 24.5 Å². The van der Waals surface area contributed by atoms with Crippen molar-refractivity contribution in [1.82, 2.24) is 10.6 Å². The molecule has 0 saturated heterocycles. The predicted octanol–water partition coefficient (Wildman–Crippen LogP) is -0.166. The van der Waals surface area contributed by atoms with Crippen molar-refractivity contribution < 1.29 is 24.4 Å². The van der Waals surface area contributed by atoms with Crippen molar-refractivity contribution in [2.75, 3.05) is 13.1 Å². The SMILES string of the molecule is Cc1cc(C(=O)NCC(=O)NCC(=O)O)ccc1[N+](=O)[O-]. The van der Waals surface area contributed by atoms with Crippen LogP contribution in [0.4, 0.5) is 5.69 Å². The Morgan fingerprint density at radius 1 is 1.24 bits per heavy atom. The van der Waals surface area contributed by atoms with Crippen LogP contribution in [-0.2, 0) is 9.59 Å². The van der Waals surface area contributed by atoms with Gasteiger partial charge in [0, 0.05) is 17.2 Å². The van der Waals surface area contributed by atoms with E-state index in [2.05, 4.69) is 10.6 Å². The number of amides is 2. The van der Waals surface area contributed by atoms with Crippen LogP contribution in [0.25, 0.3) is 0 Å². The number of carboxylic acid groups (broad SMARTS) is 1. The molecule has 3 N–H and O–H groups in total. The monoisotopic (exact) mass is 295 g/mol. The van der Waals surface area contributed by atoms with E-state index < -0.39 is 29.3 Å². The van der Waals surface area contributed by atoms with E-state index >= 15 is 0 Å². The van der Waals surface area contributed by atoms with Crippen molar-refractivity contribution in [2.24, 2.45) is 0 Å². The molecule has 0 aliphatic rings. The molecule has 0 saturated carbocycles. The number of benzene rings is 1. The first-order valence-electron chi connectivity index (χ1n) is 5.83. The molecule has 1 aromatic carbocycles. The average Bonchev–Trinajstić information content (AvgIpc) is 2.41. The zero-order valence-corrected chi connectivity index (χ0v) is 11.1. The number of nitrogens with one attached hydrogen (secondary N) is 2. The fourth-order valence-electron chi connectivity index (χ4n) is 1.50. The van der Waals surface area contributed by atoms with Crippen LogP contribution in [0.1, 0.15) is 15.9 Å². The minimum atomic E-state index is -1.19. The Morgan fingerprint density at radius 3 is 2.43 bits per heavy atom. The Balaban J connectivity index is 2.60. The summed E-state index contributed by atoms with van der Waals surface area (Å²) in [6.07, 6.45) is 0. The molecule has 0 atom stereocenters. The van der Waals surface area contributed by atoms with Crippen molar-refractivity contribution in [1.29, 1.82) is 0 Å². The largest absolute Gasteiger partial charge is 0.480 e. The lowest BCUT2D eigenvalue weighted by Crippen LogP contribution is -2.39. The van der Waals surface area contributed by atoms with Gasteiger partial charge >= 0.3 is 5.97 Å². The molecule has 1 aromatic rings. The molecule has 9 nitrogen and oxygen atoms in total. The van der Waals surface area contributed by atoms with Crippen molar-refractivity contribution in [3.63, 3.8) is 0 Å². The van der Waals surface area contributed by atoms with Crippen LogP contribution in [-0.4, -0.2) is 40.9 Å². The first kappa shape index (κ1) is 16.1. The molecule has 0 aliphatic heterocycles. The van der Waals surface area contributed by atoms with Crippen LogP contribution < -0.4 is 10.6 Å². The maximum Gasteiger partial charge on any atom is 0.322 e. The Morgan fingerprint density at radius 2 is 1.90 bits per heavy atom. The maximum atomic E-state index is 11.7. The molecule has 0 spiro atoms. The summed E-state index contributed by atoms with van der Waals surface area (Å²) in [6, 6.07) is 3.81. The topological polar surface area (TPSA) is 139 Å². The second-order valence-corrected chi connectivity index (χ2v) is 4.11. The second kappa shape index (κ2) is 6.98. The standard InChI is InChI=1S/C12H13N3O6/c1-7-4-8(2-3-9(7)15(20)21)12(19)14-5-10(16)13-6-11(17)18/h2-4H,5-6H2,1H3,(H,13,16)(H,14,19)(H,17,18). The highest BCUT2D eigenvalue weighted by Crippen LogP contribution is 2.18. The molecule has 21 heavy (non-hydrogen) atoms. The van der Waals surface area contributed by atoms with Gasteiger partial charge in [0.1, 0.15) is 6.54 Å². The summed E-state index contributed by atoms with van der Waals surface area (Å²) in [4.78, 5) is 43.3. The lowest BCUT2D eigenvalue weighted by molar-refractivity contribution is -0.385. The van der Waals surface area contributed by atoms with Crippen molar-refractivity contribution in [3.8, 4) is 0 Å². The number of carbonyl (C=O) groups is 3. The van der Waals surface area contributed by atoms with Gasteiger partial charge in [-0.2, -0.15) is 0 Å². The van der Waals surface area contributed by atoms with E-state index in [1.165, 1.54) is 25.1 Å². The number of carboxylic acids is 1. The van der Waals surface area contributed by atoms with E-state index in [0.29, 0.717) is 5.56 Å². The smallest absolute Gasteiger partial charge is 0.322 e. The number of hydrogen-bond donors (Lipinski definition) is 3. The fourth-order valence-corrected chi connectivity index (χ4v) is 1.50. The Kier molecular flexibility index (Phi) is 5.35. The number of nitrogens with zero attached hydrogens (tertiary/aromatic N) is 1. The lowest BCUT2D eigenvalue weighted by Gasteiger charge is -2.06. The number of rotatable bonds is 6. The zero-order valence-electron chi connectivity index (χ0n) is 11.1. The summed E-state index contributed by atoms with van der Waals surface area (Å²) in [7, 11) is 0. The number of aryl methyl sites for hydroxylation is 1. The third-order valence-corrected chi connectivity index (χ3v) is 2.50. The molecule has 0 radical (unpaired) electrons. The minimum Gasteiger partial charge on any atom is -0.480 e. The van der Waals surface area contributed by atoms with E-state index in [1.807, 2.05) is 0 Å². The highest BCUT2D eigenvalue weighted by atomic mass is 16.6. The normalized spacial score (nSPS) is 9.76. The van der Waals surface area contributed by atoms with E-state index in [0.717, 1.165) is 0 Å². The van der Waals surface area contributed by atoms with Gasteiger partial charge in [0.15, 0.2) is 0 Å². The molecule has 0 heterocycles. The van der Waals surface area contributed by atoms with Gasteiger partial charge in [0.25, 0.3) is 11.6 Å². The first-order valence-corrected chi connectivity index (χ1v) is 5.83. The highest BCUT2D eigenvalue weighted by Gasteiger charge is 2.14. The van der Waals surface area contributed by atoms with Gasteiger partial charge in [0.05, 0.1) is 11.5 Å². The summed E-state index contributed by atoms with van der Waals surface area (Å²) in [6.45, 7) is 0.571. The van der Waals surface area contributed by atoms with Gasteiger partial charge in [-0.05, 0) is 19.1 Å². The Bertz CT molecular complexity index is 599. The quantitative estimate of drug-likeness (QED) is 0.492. The van der Waals surface area contributed by atoms with Gasteiger partial charge in [-0.1, -0.05) is 0 Å². The van der Waals surface area contributed by atoms with Gasteiger partial charge in [0.2, 0.25) is 5.91 Å². The molecule has 2 amide bonds. The van der Waals surface area contributed by atoms with E-state index in [-0.39, 0.29) is 17.8 Å². The third kappa shape index (κ3) is 4.90. The summed E-state index contributed by atoms with van der Waals surface area (Å²) < 4.78 is 0. The molecule has 0 fully saturated rings. The van der Waals surface area contributed by atoms with Crippen LogP contribution in [0.2, 0.25) is 0 Å². The van der Waals surface area contributed by atoms with E-state index in [4.69, 9.17) is 5.11 Å². The molecule has 0 bridgehead atoms. The molecule has 9 heteroatoms. The van der Waals surface area contributed by atoms with Crippen molar-refractivity contribution in [2.45, 2.75) is 6.92 Å². The van der Waals surface area contributed by atoms with Gasteiger partial charge in [-0.25, -0.2) is 0 Å². The molecule has 0 aromatic heterocycles. The first-order chi connectivity index (χ1) is 9.81. The van der Waals surface area contributed by atoms with Gasteiger partial charge < -0.3 is 15.7 Å². The van der Waals surface area contributed by atoms with Crippen molar-refractivity contribution >= 4 is 23.5 Å². The van der Waals surface area contributed by atoms with E-state index in [1.54, 1.807) is 0 Å². The number of nitro groups is 1. The minimum absolute atomic E-state index is 0.106. The molecular weight excluding hydrogens is 282 g/mol. The van der Waals surface area contributed by atoms with Gasteiger partial charge in [-0.15, -0.1) is 0 Å². The lowest BCUT2D eigenvalue weighted by atomic mass is 10.1. The van der Waals surface area contributed by atoms with Crippen LogP contribution >= 0.6 is 0 Å². The zero-order chi connectivity index (χ0) is 16.0. The number of aliphatic carboxylic acids is 1. The summed E-state index contributed by atoms with van der Waals surface area (Å²) in [5.41, 5.74) is 0.387. The van der Waals surface area contributed by atoms with Crippen molar-refractivity contribution in [3.05, 3.63) is 39.4 Å². The number of hydrogen-bond acceptors (Lipinski definition) is 5. The molecule has 112 valence electrons. The second-order valence-electron chi connectivity index (χ2n) is 4.11. The van der Waals surface area contributed by atoms with Crippen LogP contribution in [0.5, 0.6) is 0 Å². The Labute approximate surface area is 119 Å². The summed E-state index contributed by atoms with van der Waals surface area (Å²) in [5.74, 6) is -2.43.